The first-order valence-electron chi connectivity index (χ1n) is 10.9. The number of benzene rings is 3. The molecule has 4 rings (SSSR count). The molecule has 0 aromatic heterocycles. The van der Waals surface area contributed by atoms with Crippen LogP contribution in [0.25, 0.3) is 11.1 Å². The lowest BCUT2D eigenvalue weighted by molar-refractivity contribution is -0.130. The maximum absolute atomic E-state index is 13.3. The molecule has 5 nitrogen and oxygen atoms in total. The van der Waals surface area contributed by atoms with Gasteiger partial charge in [-0.3, -0.25) is 9.59 Å². The van der Waals surface area contributed by atoms with Crippen LogP contribution in [0.5, 0.6) is 5.75 Å². The van der Waals surface area contributed by atoms with Gasteiger partial charge in [0.15, 0.2) is 0 Å². The molecule has 0 spiro atoms. The largest absolute Gasteiger partial charge is 0.496 e. The number of nitrogens with zero attached hydrogens (tertiary/aromatic N) is 1. The summed E-state index contributed by atoms with van der Waals surface area (Å²) in [6, 6.07) is 25.4. The van der Waals surface area contributed by atoms with Crippen LogP contribution in [0.1, 0.15) is 28.8 Å². The van der Waals surface area contributed by atoms with Gasteiger partial charge in [0, 0.05) is 13.1 Å². The van der Waals surface area contributed by atoms with Crippen molar-refractivity contribution in [1.29, 1.82) is 0 Å². The third-order valence-electron chi connectivity index (χ3n) is 6.36. The van der Waals surface area contributed by atoms with E-state index in [4.69, 9.17) is 10.5 Å². The molecule has 164 valence electrons. The normalized spacial score (nSPS) is 18.2. The smallest absolute Gasteiger partial charge is 0.257 e. The quantitative estimate of drug-likeness (QED) is 0.636. The predicted molar refractivity (Wildman–Crippen MR) is 125 cm³/mol. The van der Waals surface area contributed by atoms with Gasteiger partial charge in [-0.05, 0) is 48.1 Å². The first-order valence-corrected chi connectivity index (χ1v) is 10.9. The van der Waals surface area contributed by atoms with Crippen molar-refractivity contribution in [3.63, 3.8) is 0 Å². The predicted octanol–water partition coefficient (Wildman–Crippen LogP) is 4.31. The minimum Gasteiger partial charge on any atom is -0.496 e. The maximum Gasteiger partial charge on any atom is 0.257 e. The average molecular weight is 429 g/mol. The number of primary amides is 1. The van der Waals surface area contributed by atoms with E-state index < -0.39 is 5.41 Å². The van der Waals surface area contributed by atoms with E-state index >= 15 is 0 Å². The van der Waals surface area contributed by atoms with E-state index in [1.807, 2.05) is 48.5 Å². The standard InChI is InChI=1S/C27H28N2O3/c1-32-24-15-8-7-14-23(24)25(30)29-17-9-16-27(19-29,26(28)31)18-21-12-5-6-13-22(21)20-10-3-2-4-11-20/h2-8,10-15H,9,16-19H2,1H3,(H2,28,31)/t27-/m0/s1. The monoisotopic (exact) mass is 428 g/mol. The summed E-state index contributed by atoms with van der Waals surface area (Å²) in [6.45, 7) is 0.884. The summed E-state index contributed by atoms with van der Waals surface area (Å²) >= 11 is 0. The van der Waals surface area contributed by atoms with Gasteiger partial charge in [0.1, 0.15) is 5.75 Å². The topological polar surface area (TPSA) is 72.6 Å². The minimum absolute atomic E-state index is 0.135. The molecule has 3 aromatic rings. The van der Waals surface area contributed by atoms with Crippen LogP contribution in [0, 0.1) is 5.41 Å². The summed E-state index contributed by atoms with van der Waals surface area (Å²) in [5.74, 6) is 0.0317. The first kappa shape index (κ1) is 21.6. The number of rotatable bonds is 6. The van der Waals surface area contributed by atoms with Crippen LogP contribution >= 0.6 is 0 Å². The highest BCUT2D eigenvalue weighted by molar-refractivity contribution is 5.97. The lowest BCUT2D eigenvalue weighted by Gasteiger charge is -2.41. The Morgan fingerprint density at radius 2 is 1.66 bits per heavy atom. The van der Waals surface area contributed by atoms with E-state index in [1.165, 1.54) is 0 Å². The molecule has 0 unspecified atom stereocenters. The first-order chi connectivity index (χ1) is 15.5. The Morgan fingerprint density at radius 1 is 0.969 bits per heavy atom. The number of methoxy groups -OCH3 is 1. The van der Waals surface area contributed by atoms with Gasteiger partial charge < -0.3 is 15.4 Å². The Labute approximate surface area is 188 Å². The minimum atomic E-state index is -0.819. The third-order valence-corrected chi connectivity index (χ3v) is 6.36. The second kappa shape index (κ2) is 9.27. The number of piperidine rings is 1. The highest BCUT2D eigenvalue weighted by Crippen LogP contribution is 2.37. The van der Waals surface area contributed by atoms with Gasteiger partial charge in [0.25, 0.3) is 5.91 Å². The van der Waals surface area contributed by atoms with Crippen LogP contribution in [0.15, 0.2) is 78.9 Å². The summed E-state index contributed by atoms with van der Waals surface area (Å²) < 4.78 is 5.38. The van der Waals surface area contributed by atoms with Crippen molar-refractivity contribution in [2.75, 3.05) is 20.2 Å². The Hall–Kier alpha value is -3.60. The Morgan fingerprint density at radius 3 is 2.41 bits per heavy atom. The summed E-state index contributed by atoms with van der Waals surface area (Å²) in [4.78, 5) is 27.9. The van der Waals surface area contributed by atoms with Gasteiger partial charge in [-0.1, -0.05) is 66.7 Å². The summed E-state index contributed by atoms with van der Waals surface area (Å²) in [5, 5.41) is 0. The number of hydrogen-bond acceptors (Lipinski definition) is 3. The van der Waals surface area contributed by atoms with Gasteiger partial charge in [-0.2, -0.15) is 0 Å². The molecule has 32 heavy (non-hydrogen) atoms. The fraction of sp³-hybridized carbons (Fsp3) is 0.259. The van der Waals surface area contributed by atoms with E-state index in [9.17, 15) is 9.59 Å². The lowest BCUT2D eigenvalue weighted by atomic mass is 9.73. The summed E-state index contributed by atoms with van der Waals surface area (Å²) in [7, 11) is 1.55. The molecule has 1 aliphatic heterocycles. The van der Waals surface area contributed by atoms with Crippen molar-refractivity contribution in [2.24, 2.45) is 11.1 Å². The number of likely N-dealkylation sites (tertiary alicyclic amines) is 1. The molecular formula is C27H28N2O3. The van der Waals surface area contributed by atoms with Gasteiger partial charge in [0.05, 0.1) is 18.1 Å². The maximum atomic E-state index is 13.3. The molecule has 1 saturated heterocycles. The van der Waals surface area contributed by atoms with E-state index in [2.05, 4.69) is 18.2 Å². The molecule has 1 heterocycles. The van der Waals surface area contributed by atoms with Gasteiger partial charge in [-0.15, -0.1) is 0 Å². The number of hydrogen-bond donors (Lipinski definition) is 1. The molecule has 2 amide bonds. The van der Waals surface area contributed by atoms with Crippen molar-refractivity contribution in [3.05, 3.63) is 90.0 Å². The average Bonchev–Trinajstić information content (AvgIpc) is 2.84. The number of carbonyl (C=O) groups is 2. The highest BCUT2D eigenvalue weighted by Gasteiger charge is 2.43. The lowest BCUT2D eigenvalue weighted by Crippen LogP contribution is -2.53. The van der Waals surface area contributed by atoms with Crippen LogP contribution in [0.2, 0.25) is 0 Å². The Kier molecular flexibility index (Phi) is 6.26. The van der Waals surface area contributed by atoms with Gasteiger partial charge in [-0.25, -0.2) is 0 Å². The molecule has 0 radical (unpaired) electrons. The molecule has 0 saturated carbocycles. The van der Waals surface area contributed by atoms with Crippen molar-refractivity contribution >= 4 is 11.8 Å². The third kappa shape index (κ3) is 4.24. The van der Waals surface area contributed by atoms with E-state index in [0.29, 0.717) is 37.2 Å². The number of carbonyl (C=O) groups excluding carboxylic acids is 2. The van der Waals surface area contributed by atoms with Crippen molar-refractivity contribution in [2.45, 2.75) is 19.3 Å². The zero-order valence-corrected chi connectivity index (χ0v) is 18.3. The van der Waals surface area contributed by atoms with Crippen molar-refractivity contribution in [1.82, 2.24) is 4.90 Å². The summed E-state index contributed by atoms with van der Waals surface area (Å²) in [5.41, 5.74) is 8.92. The van der Waals surface area contributed by atoms with Gasteiger partial charge in [0.2, 0.25) is 5.91 Å². The fourth-order valence-electron chi connectivity index (χ4n) is 4.67. The van der Waals surface area contributed by atoms with Crippen LogP contribution < -0.4 is 10.5 Å². The zero-order chi connectivity index (χ0) is 22.6. The molecule has 0 aliphatic carbocycles. The summed E-state index contributed by atoms with van der Waals surface area (Å²) in [6.07, 6.45) is 1.86. The molecule has 3 aromatic carbocycles. The Bertz CT molecular complexity index is 1110. The number of amides is 2. The number of ether oxygens (including phenoxy) is 1. The van der Waals surface area contributed by atoms with Crippen LogP contribution in [-0.4, -0.2) is 36.9 Å². The number of nitrogens with two attached hydrogens (primary N) is 1. The van der Waals surface area contributed by atoms with E-state index in [1.54, 1.807) is 24.1 Å². The SMILES string of the molecule is COc1ccccc1C(=O)N1CCC[C@@](Cc2ccccc2-c2ccccc2)(C(N)=O)C1. The second-order valence-electron chi connectivity index (χ2n) is 8.38. The zero-order valence-electron chi connectivity index (χ0n) is 18.3. The molecule has 1 atom stereocenters. The Balaban J connectivity index is 1.65. The molecule has 5 heteroatoms. The van der Waals surface area contributed by atoms with Crippen molar-refractivity contribution in [3.8, 4) is 16.9 Å². The van der Waals surface area contributed by atoms with E-state index in [0.717, 1.165) is 23.1 Å². The van der Waals surface area contributed by atoms with Crippen LogP contribution in [0.4, 0.5) is 0 Å². The molecule has 1 aliphatic rings. The van der Waals surface area contributed by atoms with Gasteiger partial charge >= 0.3 is 0 Å². The molecular weight excluding hydrogens is 400 g/mol. The molecule has 1 fully saturated rings. The fourth-order valence-corrected chi connectivity index (χ4v) is 4.67. The highest BCUT2D eigenvalue weighted by atomic mass is 16.5. The van der Waals surface area contributed by atoms with Crippen LogP contribution in [0.3, 0.4) is 0 Å². The molecule has 0 bridgehead atoms. The van der Waals surface area contributed by atoms with E-state index in [-0.39, 0.29) is 11.8 Å². The van der Waals surface area contributed by atoms with Crippen molar-refractivity contribution < 1.29 is 14.3 Å². The van der Waals surface area contributed by atoms with Crippen LogP contribution in [-0.2, 0) is 11.2 Å². The number of para-hydroxylation sites is 1. The second-order valence-corrected chi connectivity index (χ2v) is 8.38. The molecule has 2 N–H and O–H groups in total.